The number of ether oxygens (including phenoxy) is 1. The lowest BCUT2D eigenvalue weighted by molar-refractivity contribution is -0.144. The molecule has 1 saturated heterocycles. The molecule has 18 heavy (non-hydrogen) atoms. The molecule has 0 aromatic carbocycles. The summed E-state index contributed by atoms with van der Waals surface area (Å²) in [6.07, 6.45) is 0. The highest BCUT2D eigenvalue weighted by Gasteiger charge is 2.56. The maximum absolute atomic E-state index is 12.0. The Morgan fingerprint density at radius 3 is 1.94 bits per heavy atom. The van der Waals surface area contributed by atoms with E-state index in [1.54, 1.807) is 6.92 Å². The highest BCUT2D eigenvalue weighted by atomic mass is 16.7. The number of esters is 1. The fraction of sp³-hybridized carbons (Fsp3) is 0.923. The van der Waals surface area contributed by atoms with Crippen LogP contribution in [0.4, 0.5) is 0 Å². The van der Waals surface area contributed by atoms with Gasteiger partial charge in [-0.2, -0.15) is 0 Å². The first-order chi connectivity index (χ1) is 8.12. The summed E-state index contributed by atoms with van der Waals surface area (Å²) in [4.78, 5) is 12.0. The second-order valence-corrected chi connectivity index (χ2v) is 6.15. The van der Waals surface area contributed by atoms with Gasteiger partial charge in [-0.25, -0.2) is 0 Å². The predicted molar refractivity (Wildman–Crippen MR) is 71.3 cm³/mol. The summed E-state index contributed by atoms with van der Waals surface area (Å²) in [7, 11) is -0.533. The highest BCUT2D eigenvalue weighted by Crippen LogP contribution is 2.42. The van der Waals surface area contributed by atoms with Crippen LogP contribution in [0.1, 0.15) is 48.5 Å². The Bertz CT molecular complexity index is 296. The summed E-state index contributed by atoms with van der Waals surface area (Å²) in [5, 5.41) is 0. The van der Waals surface area contributed by atoms with Gasteiger partial charge in [0.15, 0.2) is 0 Å². The topological polar surface area (TPSA) is 44.8 Å². The molecule has 1 aliphatic heterocycles. The van der Waals surface area contributed by atoms with E-state index in [1.165, 1.54) is 0 Å². The van der Waals surface area contributed by atoms with Crippen molar-refractivity contribution in [3.63, 3.8) is 0 Å². The van der Waals surface area contributed by atoms with Crippen LogP contribution in [0, 0.1) is 5.92 Å². The lowest BCUT2D eigenvalue weighted by atomic mass is 9.66. The Morgan fingerprint density at radius 1 is 1.17 bits per heavy atom. The molecular formula is C13H25BO4. The number of carbonyl (C=O) groups excluding carboxylic acids is 1. The molecule has 0 N–H and O–H groups in total. The number of rotatable bonds is 4. The van der Waals surface area contributed by atoms with Crippen molar-refractivity contribution < 1.29 is 18.8 Å². The summed E-state index contributed by atoms with van der Waals surface area (Å²) in [5.74, 6) is -0.518. The lowest BCUT2D eigenvalue weighted by Crippen LogP contribution is -2.41. The van der Waals surface area contributed by atoms with Crippen molar-refractivity contribution >= 4 is 13.1 Å². The molecule has 4 nitrogen and oxygen atoms in total. The monoisotopic (exact) mass is 256 g/mol. The first-order valence-corrected chi connectivity index (χ1v) is 6.64. The Hall–Kier alpha value is -0.545. The van der Waals surface area contributed by atoms with Crippen LogP contribution in [0.15, 0.2) is 0 Å². The maximum atomic E-state index is 12.0. The molecule has 1 heterocycles. The summed E-state index contributed by atoms with van der Waals surface area (Å²) in [5.41, 5.74) is -0.839. The average Bonchev–Trinajstić information content (AvgIpc) is 2.34. The van der Waals surface area contributed by atoms with Crippen molar-refractivity contribution in [1.82, 2.24) is 0 Å². The standard InChI is InChI=1S/C13H25BO4/c1-8-16-11(15)10(9(2)3)14-17-12(4,5)13(6,7)18-14/h9-10H,8H2,1-7H3/t10-/m1/s1. The van der Waals surface area contributed by atoms with Gasteiger partial charge in [-0.15, -0.1) is 0 Å². The van der Waals surface area contributed by atoms with E-state index in [-0.39, 0.29) is 17.7 Å². The predicted octanol–water partition coefficient (Wildman–Crippen LogP) is 2.67. The molecule has 0 aromatic rings. The fourth-order valence-corrected chi connectivity index (χ4v) is 1.97. The van der Waals surface area contributed by atoms with Gasteiger partial charge in [-0.05, 0) is 40.5 Å². The second kappa shape index (κ2) is 5.21. The summed E-state index contributed by atoms with van der Waals surface area (Å²) in [6, 6.07) is 0. The first-order valence-electron chi connectivity index (χ1n) is 6.64. The molecule has 5 heteroatoms. The molecule has 1 fully saturated rings. The van der Waals surface area contributed by atoms with Gasteiger partial charge >= 0.3 is 13.1 Å². The second-order valence-electron chi connectivity index (χ2n) is 6.15. The van der Waals surface area contributed by atoms with Crippen LogP contribution < -0.4 is 0 Å². The van der Waals surface area contributed by atoms with Gasteiger partial charge in [-0.1, -0.05) is 13.8 Å². The summed E-state index contributed by atoms with van der Waals surface area (Å²) >= 11 is 0. The van der Waals surface area contributed by atoms with Crippen molar-refractivity contribution in [3.05, 3.63) is 0 Å². The van der Waals surface area contributed by atoms with E-state index in [4.69, 9.17) is 14.0 Å². The molecule has 0 amide bonds. The minimum absolute atomic E-state index is 0.110. The van der Waals surface area contributed by atoms with Gasteiger partial charge in [0.05, 0.1) is 23.6 Å². The third-order valence-electron chi connectivity index (χ3n) is 3.84. The van der Waals surface area contributed by atoms with E-state index in [2.05, 4.69) is 0 Å². The lowest BCUT2D eigenvalue weighted by Gasteiger charge is -2.32. The van der Waals surface area contributed by atoms with Gasteiger partial charge < -0.3 is 14.0 Å². The van der Waals surface area contributed by atoms with Crippen LogP contribution in [0.5, 0.6) is 0 Å². The quantitative estimate of drug-likeness (QED) is 0.573. The molecule has 1 rings (SSSR count). The largest absolute Gasteiger partial charge is 0.473 e. The number of carbonyl (C=O) groups is 1. The van der Waals surface area contributed by atoms with Crippen LogP contribution in [-0.2, 0) is 18.8 Å². The first kappa shape index (κ1) is 15.5. The van der Waals surface area contributed by atoms with E-state index in [0.717, 1.165) is 0 Å². The van der Waals surface area contributed by atoms with Crippen LogP contribution >= 0.6 is 0 Å². The Balaban J connectivity index is 2.88. The SMILES string of the molecule is CCOC(=O)[C@H](B1OC(C)(C)C(C)(C)O1)C(C)C. The molecule has 0 saturated carbocycles. The van der Waals surface area contributed by atoms with Gasteiger partial charge in [0.1, 0.15) is 0 Å². The zero-order chi connectivity index (χ0) is 14.1. The molecule has 0 aromatic heterocycles. The maximum Gasteiger partial charge on any atom is 0.473 e. The van der Waals surface area contributed by atoms with E-state index < -0.39 is 18.3 Å². The zero-order valence-electron chi connectivity index (χ0n) is 12.6. The van der Waals surface area contributed by atoms with Gasteiger partial charge in [0.2, 0.25) is 0 Å². The van der Waals surface area contributed by atoms with Crippen molar-refractivity contribution in [2.75, 3.05) is 6.61 Å². The highest BCUT2D eigenvalue weighted by molar-refractivity contribution is 6.52. The minimum atomic E-state index is -0.533. The average molecular weight is 256 g/mol. The van der Waals surface area contributed by atoms with E-state index in [0.29, 0.717) is 6.61 Å². The normalized spacial score (nSPS) is 23.2. The van der Waals surface area contributed by atoms with Crippen molar-refractivity contribution in [2.45, 2.75) is 65.5 Å². The molecule has 0 bridgehead atoms. The zero-order valence-corrected chi connectivity index (χ0v) is 12.6. The van der Waals surface area contributed by atoms with E-state index in [9.17, 15) is 4.79 Å². The summed E-state index contributed by atoms with van der Waals surface area (Å²) in [6.45, 7) is 14.1. The van der Waals surface area contributed by atoms with Crippen LogP contribution in [-0.4, -0.2) is 30.9 Å². The van der Waals surface area contributed by atoms with Crippen molar-refractivity contribution in [1.29, 1.82) is 0 Å². The summed E-state index contributed by atoms with van der Waals surface area (Å²) < 4.78 is 17.0. The van der Waals surface area contributed by atoms with Crippen LogP contribution in [0.3, 0.4) is 0 Å². The number of hydrogen-bond donors (Lipinski definition) is 0. The van der Waals surface area contributed by atoms with E-state index in [1.807, 2.05) is 41.5 Å². The minimum Gasteiger partial charge on any atom is -0.466 e. The smallest absolute Gasteiger partial charge is 0.466 e. The number of hydrogen-bond acceptors (Lipinski definition) is 4. The van der Waals surface area contributed by atoms with Gasteiger partial charge in [0.25, 0.3) is 0 Å². The van der Waals surface area contributed by atoms with Crippen molar-refractivity contribution in [3.8, 4) is 0 Å². The molecule has 0 aliphatic carbocycles. The van der Waals surface area contributed by atoms with Crippen LogP contribution in [0.25, 0.3) is 0 Å². The van der Waals surface area contributed by atoms with Gasteiger partial charge in [-0.3, -0.25) is 4.79 Å². The van der Waals surface area contributed by atoms with Gasteiger partial charge in [0, 0.05) is 0 Å². The van der Waals surface area contributed by atoms with Crippen LogP contribution in [0.2, 0.25) is 5.82 Å². The third-order valence-corrected chi connectivity index (χ3v) is 3.84. The van der Waals surface area contributed by atoms with E-state index >= 15 is 0 Å². The molecule has 0 unspecified atom stereocenters. The molecule has 1 aliphatic rings. The Labute approximate surface area is 111 Å². The third kappa shape index (κ3) is 2.89. The van der Waals surface area contributed by atoms with Crippen molar-refractivity contribution in [2.24, 2.45) is 5.92 Å². The Kier molecular flexibility index (Phi) is 4.49. The molecule has 0 spiro atoms. The molecular weight excluding hydrogens is 231 g/mol. The Morgan fingerprint density at radius 2 is 1.61 bits per heavy atom. The fourth-order valence-electron chi connectivity index (χ4n) is 1.97. The molecule has 104 valence electrons. The molecule has 1 atom stereocenters. The molecule has 0 radical (unpaired) electrons.